The third kappa shape index (κ3) is 9.94. The van der Waals surface area contributed by atoms with Gasteiger partial charge in [0.2, 0.25) is 0 Å². The average Bonchev–Trinajstić information content (AvgIpc) is 2.60. The Labute approximate surface area is 172 Å². The van der Waals surface area contributed by atoms with Crippen molar-refractivity contribution in [2.45, 2.75) is 44.0 Å². The molecule has 1 rings (SSSR count). The van der Waals surface area contributed by atoms with E-state index in [9.17, 15) is 4.79 Å². The van der Waals surface area contributed by atoms with E-state index in [2.05, 4.69) is 51.7 Å². The van der Waals surface area contributed by atoms with Gasteiger partial charge in [0.15, 0.2) is 5.96 Å². The molecule has 0 bridgehead atoms. The van der Waals surface area contributed by atoms with Crippen molar-refractivity contribution < 1.29 is 9.53 Å². The van der Waals surface area contributed by atoms with Crippen molar-refractivity contribution in [2.75, 3.05) is 27.0 Å². The van der Waals surface area contributed by atoms with Gasteiger partial charge in [-0.3, -0.25) is 9.79 Å². The number of esters is 1. The van der Waals surface area contributed by atoms with E-state index in [1.807, 2.05) is 0 Å². The Morgan fingerprint density at radius 2 is 2.00 bits per heavy atom. The maximum Gasteiger partial charge on any atom is 0.305 e. The molecule has 0 aromatic heterocycles. The lowest BCUT2D eigenvalue weighted by Crippen LogP contribution is -2.37. The monoisotopic (exact) mass is 479 g/mol. The van der Waals surface area contributed by atoms with Crippen LogP contribution in [0.1, 0.15) is 36.8 Å². The maximum atomic E-state index is 11.0. The number of rotatable bonds is 9. The molecule has 0 amide bonds. The smallest absolute Gasteiger partial charge is 0.305 e. The normalized spacial score (nSPS) is 10.8. The highest BCUT2D eigenvalue weighted by atomic mass is 127. The Kier molecular flexibility index (Phi) is 13.7. The third-order valence-electron chi connectivity index (χ3n) is 3.69. The molecule has 0 radical (unpaired) electrons. The van der Waals surface area contributed by atoms with Crippen LogP contribution < -0.4 is 10.6 Å². The molecule has 1 aromatic carbocycles. The molecule has 0 fully saturated rings. The summed E-state index contributed by atoms with van der Waals surface area (Å²) in [5.41, 5.74) is 2.55. The molecule has 0 aliphatic heterocycles. The van der Waals surface area contributed by atoms with E-state index in [-0.39, 0.29) is 29.9 Å². The van der Waals surface area contributed by atoms with E-state index in [1.54, 1.807) is 18.8 Å². The number of aliphatic imine (C=N–C) groups is 1. The van der Waals surface area contributed by atoms with Crippen LogP contribution in [0.25, 0.3) is 0 Å². The highest BCUT2D eigenvalue weighted by Crippen LogP contribution is 2.21. The van der Waals surface area contributed by atoms with Gasteiger partial charge < -0.3 is 15.4 Å². The maximum absolute atomic E-state index is 11.0. The molecule has 1 aromatic rings. The Morgan fingerprint density at radius 1 is 1.24 bits per heavy atom. The van der Waals surface area contributed by atoms with Gasteiger partial charge in [0.1, 0.15) is 0 Å². The van der Waals surface area contributed by atoms with Crippen LogP contribution in [0.5, 0.6) is 0 Å². The molecule has 0 aliphatic carbocycles. The molecule has 0 atom stereocenters. The number of hydrogen-bond acceptors (Lipinski definition) is 4. The minimum absolute atomic E-state index is 0. The van der Waals surface area contributed by atoms with Crippen molar-refractivity contribution >= 4 is 47.7 Å². The van der Waals surface area contributed by atoms with E-state index in [0.717, 1.165) is 38.3 Å². The van der Waals surface area contributed by atoms with Crippen LogP contribution in [-0.4, -0.2) is 38.9 Å². The first-order chi connectivity index (χ1) is 11.6. The SMILES string of the molecule is CN=C(NCCCCCC(=O)OC)NCc1ccc(C)cc1SC.I. The van der Waals surface area contributed by atoms with Crippen molar-refractivity contribution in [1.29, 1.82) is 0 Å². The van der Waals surface area contributed by atoms with Crippen LogP contribution in [0.2, 0.25) is 0 Å². The number of guanidine groups is 1. The number of nitrogens with one attached hydrogen (secondary N) is 2. The van der Waals surface area contributed by atoms with Crippen LogP contribution >= 0.6 is 35.7 Å². The van der Waals surface area contributed by atoms with E-state index < -0.39 is 0 Å². The first-order valence-electron chi connectivity index (χ1n) is 8.25. The number of carbonyl (C=O) groups is 1. The number of halogens is 1. The molecule has 25 heavy (non-hydrogen) atoms. The molecule has 7 heteroatoms. The Hall–Kier alpha value is -0.960. The van der Waals surface area contributed by atoms with Gasteiger partial charge in [0.05, 0.1) is 7.11 Å². The number of benzene rings is 1. The second-order valence-electron chi connectivity index (χ2n) is 5.55. The first kappa shape index (κ1) is 24.0. The molecule has 0 aliphatic rings. The topological polar surface area (TPSA) is 62.7 Å². The summed E-state index contributed by atoms with van der Waals surface area (Å²) in [5.74, 6) is 0.665. The lowest BCUT2D eigenvalue weighted by Gasteiger charge is -2.14. The summed E-state index contributed by atoms with van der Waals surface area (Å²) < 4.78 is 4.63. The number of thioether (sulfide) groups is 1. The van der Waals surface area contributed by atoms with Crippen LogP contribution in [0.3, 0.4) is 0 Å². The van der Waals surface area contributed by atoms with Gasteiger partial charge in [-0.15, -0.1) is 35.7 Å². The largest absolute Gasteiger partial charge is 0.469 e. The summed E-state index contributed by atoms with van der Waals surface area (Å²) >= 11 is 1.76. The van der Waals surface area contributed by atoms with Gasteiger partial charge in [-0.25, -0.2) is 0 Å². The van der Waals surface area contributed by atoms with Gasteiger partial charge in [-0.2, -0.15) is 0 Å². The number of aryl methyl sites for hydroxylation is 1. The highest BCUT2D eigenvalue weighted by Gasteiger charge is 2.04. The van der Waals surface area contributed by atoms with Crippen molar-refractivity contribution in [2.24, 2.45) is 4.99 Å². The first-order valence-corrected chi connectivity index (χ1v) is 9.48. The van der Waals surface area contributed by atoms with Gasteiger partial charge in [-0.05, 0) is 43.2 Å². The summed E-state index contributed by atoms with van der Waals surface area (Å²) in [6.07, 6.45) is 5.45. The molecule has 142 valence electrons. The molecule has 0 spiro atoms. The average molecular weight is 479 g/mol. The summed E-state index contributed by atoms with van der Waals surface area (Å²) in [7, 11) is 3.20. The van der Waals surface area contributed by atoms with Crippen LogP contribution in [0, 0.1) is 6.92 Å². The van der Waals surface area contributed by atoms with Gasteiger partial charge in [-0.1, -0.05) is 18.6 Å². The minimum Gasteiger partial charge on any atom is -0.469 e. The highest BCUT2D eigenvalue weighted by molar-refractivity contribution is 14.0. The number of carbonyl (C=O) groups excluding carboxylic acids is 1. The number of nitrogens with zero attached hydrogens (tertiary/aromatic N) is 1. The number of methoxy groups -OCH3 is 1. The van der Waals surface area contributed by atoms with E-state index in [1.165, 1.54) is 23.1 Å². The Morgan fingerprint density at radius 3 is 2.64 bits per heavy atom. The number of hydrogen-bond donors (Lipinski definition) is 2. The lowest BCUT2D eigenvalue weighted by molar-refractivity contribution is -0.140. The molecule has 0 unspecified atom stereocenters. The zero-order valence-corrected chi connectivity index (χ0v) is 18.7. The fourth-order valence-electron chi connectivity index (χ4n) is 2.28. The minimum atomic E-state index is -0.136. The Bertz CT molecular complexity index is 553. The molecule has 0 saturated carbocycles. The third-order valence-corrected chi connectivity index (χ3v) is 4.51. The summed E-state index contributed by atoms with van der Waals surface area (Å²) in [4.78, 5) is 16.6. The second-order valence-corrected chi connectivity index (χ2v) is 6.40. The van der Waals surface area contributed by atoms with Gasteiger partial charge >= 0.3 is 5.97 Å². The van der Waals surface area contributed by atoms with Crippen LogP contribution in [-0.2, 0) is 16.1 Å². The molecular weight excluding hydrogens is 449 g/mol. The van der Waals surface area contributed by atoms with Crippen molar-refractivity contribution in [3.8, 4) is 0 Å². The standard InChI is InChI=1S/C18H29N3O2S.HI/c1-14-9-10-15(16(12-14)24-4)13-21-18(19-2)20-11-7-5-6-8-17(22)23-3;/h9-10,12H,5-8,11,13H2,1-4H3,(H2,19,20,21);1H. The Balaban J connectivity index is 0.00000576. The predicted molar refractivity (Wildman–Crippen MR) is 117 cm³/mol. The quantitative estimate of drug-likeness (QED) is 0.141. The van der Waals surface area contributed by atoms with E-state index in [4.69, 9.17) is 0 Å². The zero-order valence-electron chi connectivity index (χ0n) is 15.6. The summed E-state index contributed by atoms with van der Waals surface area (Å²) in [5, 5.41) is 6.66. The lowest BCUT2D eigenvalue weighted by atomic mass is 10.1. The molecule has 5 nitrogen and oxygen atoms in total. The van der Waals surface area contributed by atoms with Gasteiger partial charge in [0, 0.05) is 31.5 Å². The van der Waals surface area contributed by atoms with Crippen LogP contribution in [0.15, 0.2) is 28.1 Å². The summed E-state index contributed by atoms with van der Waals surface area (Å²) in [6.45, 7) is 3.69. The molecule has 0 heterocycles. The van der Waals surface area contributed by atoms with Crippen molar-refractivity contribution in [3.05, 3.63) is 29.3 Å². The number of ether oxygens (including phenoxy) is 1. The van der Waals surface area contributed by atoms with Crippen LogP contribution in [0.4, 0.5) is 0 Å². The van der Waals surface area contributed by atoms with E-state index in [0.29, 0.717) is 6.42 Å². The van der Waals surface area contributed by atoms with Crippen molar-refractivity contribution in [1.82, 2.24) is 10.6 Å². The second kappa shape index (κ2) is 14.2. The molecule has 2 N–H and O–H groups in total. The fourth-order valence-corrected chi connectivity index (χ4v) is 2.98. The predicted octanol–water partition coefficient (Wildman–Crippen LogP) is 3.73. The summed E-state index contributed by atoms with van der Waals surface area (Å²) in [6, 6.07) is 6.50. The number of unbranched alkanes of at least 4 members (excludes halogenated alkanes) is 2. The molecule has 0 saturated heterocycles. The van der Waals surface area contributed by atoms with E-state index >= 15 is 0 Å². The van der Waals surface area contributed by atoms with Crippen molar-refractivity contribution in [3.63, 3.8) is 0 Å². The fraction of sp³-hybridized carbons (Fsp3) is 0.556. The van der Waals surface area contributed by atoms with Gasteiger partial charge in [0.25, 0.3) is 0 Å². The molecular formula is C18H30IN3O2S. The zero-order chi connectivity index (χ0) is 17.8.